The topological polar surface area (TPSA) is 42.4 Å². The number of rotatable bonds is 3. The van der Waals surface area contributed by atoms with Gasteiger partial charge in [0.15, 0.2) is 0 Å². The lowest BCUT2D eigenvalue weighted by molar-refractivity contribution is -0.0339. The Bertz CT molecular complexity index is 294. The van der Waals surface area contributed by atoms with Gasteiger partial charge in [0.1, 0.15) is 12.4 Å². The molecular formula is C12H17NO2. The summed E-state index contributed by atoms with van der Waals surface area (Å²) in [4.78, 5) is 3.96. The molecule has 0 bridgehead atoms. The number of ether oxygens (including phenoxy) is 1. The molecule has 1 aliphatic carbocycles. The summed E-state index contributed by atoms with van der Waals surface area (Å²) >= 11 is 0. The summed E-state index contributed by atoms with van der Waals surface area (Å²) in [6.45, 7) is 0.388. The molecule has 0 amide bonds. The molecule has 15 heavy (non-hydrogen) atoms. The number of pyridine rings is 1. The van der Waals surface area contributed by atoms with Gasteiger partial charge in [-0.1, -0.05) is 19.3 Å². The number of nitrogens with zero attached hydrogens (tertiary/aromatic N) is 1. The van der Waals surface area contributed by atoms with E-state index in [0.29, 0.717) is 6.61 Å². The minimum atomic E-state index is -0.617. The molecule has 0 aliphatic heterocycles. The van der Waals surface area contributed by atoms with Crippen LogP contribution in [0.25, 0.3) is 0 Å². The van der Waals surface area contributed by atoms with Crippen LogP contribution in [0.3, 0.4) is 0 Å². The van der Waals surface area contributed by atoms with E-state index in [9.17, 15) is 5.11 Å². The van der Waals surface area contributed by atoms with Crippen LogP contribution in [-0.2, 0) is 0 Å². The van der Waals surface area contributed by atoms with Gasteiger partial charge >= 0.3 is 0 Å². The van der Waals surface area contributed by atoms with E-state index in [2.05, 4.69) is 4.98 Å². The van der Waals surface area contributed by atoms with Crippen LogP contribution < -0.4 is 4.74 Å². The molecule has 0 radical (unpaired) electrons. The van der Waals surface area contributed by atoms with Gasteiger partial charge < -0.3 is 9.84 Å². The highest BCUT2D eigenvalue weighted by molar-refractivity contribution is 5.15. The monoisotopic (exact) mass is 207 g/mol. The lowest BCUT2D eigenvalue weighted by Crippen LogP contribution is -2.37. The van der Waals surface area contributed by atoms with E-state index < -0.39 is 5.60 Å². The minimum absolute atomic E-state index is 0.388. The fourth-order valence-corrected chi connectivity index (χ4v) is 2.00. The molecule has 0 saturated heterocycles. The predicted octanol–water partition coefficient (Wildman–Crippen LogP) is 2.16. The van der Waals surface area contributed by atoms with Crippen molar-refractivity contribution in [3.05, 3.63) is 24.5 Å². The molecule has 0 spiro atoms. The average Bonchev–Trinajstić information content (AvgIpc) is 2.29. The van der Waals surface area contributed by atoms with Crippen LogP contribution in [0.1, 0.15) is 32.1 Å². The second-order valence-electron chi connectivity index (χ2n) is 4.26. The van der Waals surface area contributed by atoms with Crippen molar-refractivity contribution in [2.24, 2.45) is 0 Å². The van der Waals surface area contributed by atoms with E-state index >= 15 is 0 Å². The zero-order chi connectivity index (χ0) is 10.6. The van der Waals surface area contributed by atoms with Crippen LogP contribution in [0.5, 0.6) is 5.75 Å². The number of aliphatic hydroxyl groups is 1. The van der Waals surface area contributed by atoms with Gasteiger partial charge in [0, 0.05) is 6.20 Å². The molecule has 1 fully saturated rings. The van der Waals surface area contributed by atoms with Crippen LogP contribution in [-0.4, -0.2) is 22.3 Å². The van der Waals surface area contributed by atoms with Crippen molar-refractivity contribution in [1.29, 1.82) is 0 Å². The van der Waals surface area contributed by atoms with E-state index in [-0.39, 0.29) is 0 Å². The molecule has 1 aromatic rings. The molecule has 1 heterocycles. The smallest absolute Gasteiger partial charge is 0.137 e. The van der Waals surface area contributed by atoms with E-state index in [1.165, 1.54) is 6.42 Å². The zero-order valence-corrected chi connectivity index (χ0v) is 8.85. The first-order valence-corrected chi connectivity index (χ1v) is 5.54. The normalized spacial score (nSPS) is 19.8. The number of hydrogen-bond donors (Lipinski definition) is 1. The van der Waals surface area contributed by atoms with Gasteiger partial charge in [-0.2, -0.15) is 0 Å². The van der Waals surface area contributed by atoms with Crippen LogP contribution in [0.15, 0.2) is 24.5 Å². The zero-order valence-electron chi connectivity index (χ0n) is 8.85. The summed E-state index contributed by atoms with van der Waals surface area (Å²) in [6.07, 6.45) is 8.53. The van der Waals surface area contributed by atoms with Gasteiger partial charge in [-0.05, 0) is 25.0 Å². The van der Waals surface area contributed by atoms with Gasteiger partial charge in [0.25, 0.3) is 0 Å². The van der Waals surface area contributed by atoms with Crippen molar-refractivity contribution in [2.75, 3.05) is 6.61 Å². The van der Waals surface area contributed by atoms with E-state index in [1.807, 2.05) is 12.1 Å². The molecule has 1 N–H and O–H groups in total. The first-order valence-electron chi connectivity index (χ1n) is 5.54. The lowest BCUT2D eigenvalue weighted by atomic mass is 9.86. The lowest BCUT2D eigenvalue weighted by Gasteiger charge is -2.31. The summed E-state index contributed by atoms with van der Waals surface area (Å²) < 4.78 is 5.54. The van der Waals surface area contributed by atoms with E-state index in [0.717, 1.165) is 31.4 Å². The third-order valence-corrected chi connectivity index (χ3v) is 2.93. The summed E-state index contributed by atoms with van der Waals surface area (Å²) in [7, 11) is 0. The molecular weight excluding hydrogens is 190 g/mol. The highest BCUT2D eigenvalue weighted by Gasteiger charge is 2.29. The minimum Gasteiger partial charge on any atom is -0.489 e. The van der Waals surface area contributed by atoms with E-state index in [4.69, 9.17) is 4.74 Å². The summed E-state index contributed by atoms with van der Waals surface area (Å²) in [6, 6.07) is 3.69. The summed E-state index contributed by atoms with van der Waals surface area (Å²) in [5, 5.41) is 10.2. The molecule has 0 atom stereocenters. The molecule has 1 aromatic heterocycles. The largest absolute Gasteiger partial charge is 0.489 e. The Morgan fingerprint density at radius 2 is 2.13 bits per heavy atom. The molecule has 1 aliphatic rings. The summed E-state index contributed by atoms with van der Waals surface area (Å²) in [5.74, 6) is 0.733. The molecule has 3 heteroatoms. The van der Waals surface area contributed by atoms with Crippen molar-refractivity contribution in [1.82, 2.24) is 4.98 Å². The van der Waals surface area contributed by atoms with Crippen molar-refractivity contribution in [3.63, 3.8) is 0 Å². The fraction of sp³-hybridized carbons (Fsp3) is 0.583. The second kappa shape index (κ2) is 4.62. The maximum Gasteiger partial charge on any atom is 0.137 e. The first kappa shape index (κ1) is 10.4. The molecule has 82 valence electrons. The van der Waals surface area contributed by atoms with Crippen LogP contribution in [0.2, 0.25) is 0 Å². The Kier molecular flexibility index (Phi) is 3.21. The Labute approximate surface area is 90.1 Å². The number of hydrogen-bond acceptors (Lipinski definition) is 3. The van der Waals surface area contributed by atoms with Crippen molar-refractivity contribution in [3.8, 4) is 5.75 Å². The molecule has 0 aromatic carbocycles. The van der Waals surface area contributed by atoms with Gasteiger partial charge in [-0.3, -0.25) is 4.98 Å². The SMILES string of the molecule is OC1(COc2cccnc2)CCCCC1. The highest BCUT2D eigenvalue weighted by atomic mass is 16.5. The van der Waals surface area contributed by atoms with Gasteiger partial charge in [-0.15, -0.1) is 0 Å². The molecule has 2 rings (SSSR count). The maximum absolute atomic E-state index is 10.2. The molecule has 1 saturated carbocycles. The number of aromatic nitrogens is 1. The third kappa shape index (κ3) is 2.93. The van der Waals surface area contributed by atoms with Crippen LogP contribution >= 0.6 is 0 Å². The highest BCUT2D eigenvalue weighted by Crippen LogP contribution is 2.28. The standard InChI is InChI=1S/C12H17NO2/c14-12(6-2-1-3-7-12)10-15-11-5-4-8-13-9-11/h4-5,8-9,14H,1-3,6-7,10H2. The Hall–Kier alpha value is -1.09. The van der Waals surface area contributed by atoms with Gasteiger partial charge in [-0.25, -0.2) is 0 Å². The Balaban J connectivity index is 1.87. The second-order valence-corrected chi connectivity index (χ2v) is 4.26. The van der Waals surface area contributed by atoms with E-state index in [1.54, 1.807) is 12.4 Å². The fourth-order valence-electron chi connectivity index (χ4n) is 2.00. The summed E-state index contributed by atoms with van der Waals surface area (Å²) in [5.41, 5.74) is -0.617. The average molecular weight is 207 g/mol. The van der Waals surface area contributed by atoms with Crippen molar-refractivity contribution >= 4 is 0 Å². The van der Waals surface area contributed by atoms with Crippen LogP contribution in [0, 0.1) is 0 Å². The van der Waals surface area contributed by atoms with Crippen LogP contribution in [0.4, 0.5) is 0 Å². The third-order valence-electron chi connectivity index (χ3n) is 2.93. The Morgan fingerprint density at radius 1 is 1.33 bits per heavy atom. The maximum atomic E-state index is 10.2. The predicted molar refractivity (Wildman–Crippen MR) is 57.8 cm³/mol. The Morgan fingerprint density at radius 3 is 2.80 bits per heavy atom. The van der Waals surface area contributed by atoms with Gasteiger partial charge in [0.05, 0.1) is 11.8 Å². The first-order chi connectivity index (χ1) is 7.29. The molecule has 0 unspecified atom stereocenters. The molecule has 3 nitrogen and oxygen atoms in total. The quantitative estimate of drug-likeness (QED) is 0.825. The van der Waals surface area contributed by atoms with Gasteiger partial charge in [0.2, 0.25) is 0 Å². The van der Waals surface area contributed by atoms with Crippen molar-refractivity contribution in [2.45, 2.75) is 37.7 Å². The van der Waals surface area contributed by atoms with Crippen molar-refractivity contribution < 1.29 is 9.84 Å².